The van der Waals surface area contributed by atoms with Gasteiger partial charge >= 0.3 is 5.97 Å². The number of ether oxygens (including phenoxy) is 3. The topological polar surface area (TPSA) is 102 Å². The van der Waals surface area contributed by atoms with Crippen molar-refractivity contribution in [2.45, 2.75) is 13.8 Å². The molecule has 8 nitrogen and oxygen atoms in total. The fourth-order valence-corrected chi connectivity index (χ4v) is 4.69. The van der Waals surface area contributed by atoms with Crippen LogP contribution in [0.4, 0.5) is 0 Å². The van der Waals surface area contributed by atoms with Crippen molar-refractivity contribution < 1.29 is 23.8 Å². The molecule has 0 aliphatic heterocycles. The standard InChI is InChI=1S/C33H28ClN3O5/c1-4-41-23-14-15-27-25(18-23)30(24-7-5-6-8-26(24)34)31(36-27)32(38)37-35-19-21-11-16-28(29(17-21)40-3)42-33(39)22-12-9-20(2)10-13-22/h5-19,36H,4H2,1-3H3,(H,37,38). The van der Waals surface area contributed by atoms with Crippen LogP contribution in [0.3, 0.4) is 0 Å². The van der Waals surface area contributed by atoms with E-state index in [9.17, 15) is 9.59 Å². The van der Waals surface area contributed by atoms with Crippen LogP contribution in [0.25, 0.3) is 22.0 Å². The van der Waals surface area contributed by atoms with Crippen LogP contribution >= 0.6 is 11.6 Å². The summed E-state index contributed by atoms with van der Waals surface area (Å²) in [6.07, 6.45) is 1.47. The second kappa shape index (κ2) is 12.6. The Bertz CT molecular complexity index is 1790. The highest BCUT2D eigenvalue weighted by molar-refractivity contribution is 6.34. The number of fused-ring (bicyclic) bond motifs is 1. The highest BCUT2D eigenvalue weighted by Gasteiger charge is 2.21. The molecule has 1 amide bonds. The Kier molecular flexibility index (Phi) is 8.55. The molecular formula is C33H28ClN3O5. The number of hydrazone groups is 1. The van der Waals surface area contributed by atoms with Gasteiger partial charge in [0.1, 0.15) is 11.4 Å². The predicted octanol–water partition coefficient (Wildman–Crippen LogP) is 7.19. The number of rotatable bonds is 9. The van der Waals surface area contributed by atoms with E-state index in [-0.39, 0.29) is 5.75 Å². The molecule has 1 heterocycles. The van der Waals surface area contributed by atoms with Gasteiger partial charge in [-0.25, -0.2) is 10.2 Å². The van der Waals surface area contributed by atoms with Gasteiger partial charge in [0.15, 0.2) is 11.5 Å². The molecule has 0 bridgehead atoms. The summed E-state index contributed by atoms with van der Waals surface area (Å²) in [5.41, 5.74) is 7.08. The zero-order valence-corrected chi connectivity index (χ0v) is 24.0. The average molecular weight is 582 g/mol. The second-order valence-corrected chi connectivity index (χ2v) is 9.77. The molecule has 9 heteroatoms. The van der Waals surface area contributed by atoms with Gasteiger partial charge in [0.05, 0.1) is 25.5 Å². The lowest BCUT2D eigenvalue weighted by molar-refractivity contribution is 0.0729. The molecule has 0 aliphatic rings. The van der Waals surface area contributed by atoms with Crippen molar-refractivity contribution in [2.75, 3.05) is 13.7 Å². The lowest BCUT2D eigenvalue weighted by Gasteiger charge is -2.10. The number of aromatic nitrogens is 1. The molecule has 0 radical (unpaired) electrons. The van der Waals surface area contributed by atoms with Gasteiger partial charge in [-0.2, -0.15) is 5.10 Å². The van der Waals surface area contributed by atoms with E-state index in [1.807, 2.05) is 62.4 Å². The number of aryl methyl sites for hydroxylation is 1. The first-order chi connectivity index (χ1) is 20.4. The van der Waals surface area contributed by atoms with Crippen LogP contribution in [-0.4, -0.2) is 36.8 Å². The molecule has 0 atom stereocenters. The minimum absolute atomic E-state index is 0.262. The van der Waals surface area contributed by atoms with Crippen LogP contribution in [0.2, 0.25) is 5.02 Å². The van der Waals surface area contributed by atoms with E-state index in [4.69, 9.17) is 25.8 Å². The van der Waals surface area contributed by atoms with Gasteiger partial charge < -0.3 is 19.2 Å². The number of aromatic amines is 1. The van der Waals surface area contributed by atoms with Gasteiger partial charge in [-0.3, -0.25) is 4.79 Å². The van der Waals surface area contributed by atoms with Crippen molar-refractivity contribution in [2.24, 2.45) is 5.10 Å². The predicted molar refractivity (Wildman–Crippen MR) is 164 cm³/mol. The van der Waals surface area contributed by atoms with E-state index in [0.29, 0.717) is 51.1 Å². The van der Waals surface area contributed by atoms with E-state index in [1.165, 1.54) is 13.3 Å². The van der Waals surface area contributed by atoms with Crippen LogP contribution < -0.4 is 19.6 Å². The van der Waals surface area contributed by atoms with Crippen LogP contribution in [0, 0.1) is 6.92 Å². The quantitative estimate of drug-likeness (QED) is 0.0830. The lowest BCUT2D eigenvalue weighted by atomic mass is 10.0. The van der Waals surface area contributed by atoms with Gasteiger partial charge in [0.2, 0.25) is 0 Å². The van der Waals surface area contributed by atoms with Crippen LogP contribution in [0.5, 0.6) is 17.2 Å². The third-order valence-electron chi connectivity index (χ3n) is 6.51. The van der Waals surface area contributed by atoms with Gasteiger partial charge in [-0.15, -0.1) is 0 Å². The maximum atomic E-state index is 13.4. The Labute approximate surface area is 247 Å². The number of hydrogen-bond acceptors (Lipinski definition) is 6. The summed E-state index contributed by atoms with van der Waals surface area (Å²) >= 11 is 6.54. The highest BCUT2D eigenvalue weighted by atomic mass is 35.5. The summed E-state index contributed by atoms with van der Waals surface area (Å²) in [5, 5.41) is 5.45. The summed E-state index contributed by atoms with van der Waals surface area (Å²) in [6.45, 7) is 4.37. The Morgan fingerprint density at radius 2 is 1.76 bits per heavy atom. The summed E-state index contributed by atoms with van der Waals surface area (Å²) in [6, 6.07) is 25.0. The molecule has 0 fully saturated rings. The summed E-state index contributed by atoms with van der Waals surface area (Å²) < 4.78 is 16.6. The number of carbonyl (C=O) groups excluding carboxylic acids is 2. The molecule has 0 saturated carbocycles. The molecule has 1 aromatic heterocycles. The van der Waals surface area contributed by atoms with Gasteiger partial charge in [0, 0.05) is 27.1 Å². The number of methoxy groups -OCH3 is 1. The number of halogens is 1. The van der Waals surface area contributed by atoms with E-state index >= 15 is 0 Å². The first-order valence-corrected chi connectivity index (χ1v) is 13.6. The third kappa shape index (κ3) is 6.14. The number of hydrogen-bond donors (Lipinski definition) is 2. The van der Waals surface area contributed by atoms with E-state index < -0.39 is 11.9 Å². The molecule has 5 aromatic rings. The fraction of sp³-hybridized carbons (Fsp3) is 0.121. The summed E-state index contributed by atoms with van der Waals surface area (Å²) in [7, 11) is 1.48. The van der Waals surface area contributed by atoms with Gasteiger partial charge in [0.25, 0.3) is 5.91 Å². The van der Waals surface area contributed by atoms with Crippen LogP contribution in [0.15, 0.2) is 90.0 Å². The maximum absolute atomic E-state index is 13.4. The minimum atomic E-state index is -0.497. The van der Waals surface area contributed by atoms with Crippen molar-refractivity contribution in [3.8, 4) is 28.4 Å². The Balaban J connectivity index is 1.37. The number of nitrogens with one attached hydrogen (secondary N) is 2. The first kappa shape index (κ1) is 28.4. The number of H-pyrrole nitrogens is 1. The average Bonchev–Trinajstić information content (AvgIpc) is 3.37. The van der Waals surface area contributed by atoms with Crippen molar-refractivity contribution in [3.05, 3.63) is 112 Å². The van der Waals surface area contributed by atoms with Crippen molar-refractivity contribution in [1.29, 1.82) is 0 Å². The minimum Gasteiger partial charge on any atom is -0.494 e. The van der Waals surface area contributed by atoms with E-state index in [2.05, 4.69) is 15.5 Å². The monoisotopic (exact) mass is 581 g/mol. The molecule has 0 aliphatic carbocycles. The molecule has 2 N–H and O–H groups in total. The molecule has 5 rings (SSSR count). The smallest absolute Gasteiger partial charge is 0.343 e. The molecule has 0 spiro atoms. The Morgan fingerprint density at radius 3 is 2.50 bits per heavy atom. The van der Waals surface area contributed by atoms with Crippen molar-refractivity contribution in [3.63, 3.8) is 0 Å². The summed E-state index contributed by atoms with van der Waals surface area (Å²) in [5.74, 6) is 0.337. The first-order valence-electron chi connectivity index (χ1n) is 13.2. The maximum Gasteiger partial charge on any atom is 0.343 e. The fourth-order valence-electron chi connectivity index (χ4n) is 4.46. The van der Waals surface area contributed by atoms with Gasteiger partial charge in [-0.05, 0) is 74.0 Å². The number of esters is 1. The Morgan fingerprint density at radius 1 is 0.976 bits per heavy atom. The molecular weight excluding hydrogens is 554 g/mol. The second-order valence-electron chi connectivity index (χ2n) is 9.36. The van der Waals surface area contributed by atoms with Gasteiger partial charge in [-0.1, -0.05) is 47.5 Å². The van der Waals surface area contributed by atoms with Crippen molar-refractivity contribution in [1.82, 2.24) is 10.4 Å². The van der Waals surface area contributed by atoms with Crippen molar-refractivity contribution >= 4 is 40.6 Å². The molecule has 42 heavy (non-hydrogen) atoms. The Hall–Kier alpha value is -5.08. The number of benzene rings is 4. The zero-order valence-electron chi connectivity index (χ0n) is 23.2. The highest BCUT2D eigenvalue weighted by Crippen LogP contribution is 2.38. The van der Waals surface area contributed by atoms with Crippen LogP contribution in [0.1, 0.15) is 38.9 Å². The number of carbonyl (C=O) groups is 2. The van der Waals surface area contributed by atoms with E-state index in [1.54, 1.807) is 36.4 Å². The molecule has 212 valence electrons. The zero-order chi connectivity index (χ0) is 29.6. The summed E-state index contributed by atoms with van der Waals surface area (Å²) in [4.78, 5) is 29.1. The number of nitrogens with zero attached hydrogens (tertiary/aromatic N) is 1. The molecule has 0 unspecified atom stereocenters. The third-order valence-corrected chi connectivity index (χ3v) is 6.84. The van der Waals surface area contributed by atoms with Crippen LogP contribution in [-0.2, 0) is 0 Å². The van der Waals surface area contributed by atoms with E-state index in [0.717, 1.165) is 16.5 Å². The molecule has 4 aromatic carbocycles. The largest absolute Gasteiger partial charge is 0.494 e. The normalized spacial score (nSPS) is 11.0. The SMILES string of the molecule is CCOc1ccc2[nH]c(C(=O)NN=Cc3ccc(OC(=O)c4ccc(C)cc4)c(OC)c3)c(-c3ccccc3Cl)c2c1. The lowest BCUT2D eigenvalue weighted by Crippen LogP contribution is -2.19. The molecule has 0 saturated heterocycles. The number of amides is 1.